The number of hydrogen-bond donors (Lipinski definition) is 1. The fourth-order valence-corrected chi connectivity index (χ4v) is 4.75. The molecule has 0 aromatic heterocycles. The Morgan fingerprint density at radius 2 is 2.16 bits per heavy atom. The largest absolute Gasteiger partial charge is 0.313 e. The molecule has 1 aromatic carbocycles. The van der Waals surface area contributed by atoms with Gasteiger partial charge in [-0.25, -0.2) is 0 Å². The van der Waals surface area contributed by atoms with E-state index < -0.39 is 0 Å². The minimum Gasteiger partial charge on any atom is -0.313 e. The summed E-state index contributed by atoms with van der Waals surface area (Å²) in [5.41, 5.74) is 2.87. The first-order valence-electron chi connectivity index (χ1n) is 7.61. The third-order valence-electron chi connectivity index (χ3n) is 5.46. The Kier molecular flexibility index (Phi) is 4.00. The highest BCUT2D eigenvalue weighted by Gasteiger charge is 2.40. The second-order valence-corrected chi connectivity index (χ2v) is 7.32. The molecule has 1 nitrogen and oxygen atoms in total. The summed E-state index contributed by atoms with van der Waals surface area (Å²) in [6, 6.07) is 7.11. The summed E-state index contributed by atoms with van der Waals surface area (Å²) in [6.45, 7) is 2.23. The van der Waals surface area contributed by atoms with Gasteiger partial charge in [0.15, 0.2) is 0 Å². The molecule has 0 spiro atoms. The molecule has 0 heterocycles. The Morgan fingerprint density at radius 1 is 1.32 bits per heavy atom. The molecule has 4 unspecified atom stereocenters. The van der Waals surface area contributed by atoms with Crippen LogP contribution in [0.1, 0.15) is 49.3 Å². The lowest BCUT2D eigenvalue weighted by molar-refractivity contribution is 0.284. The number of fused-ring (bicyclic) bond motifs is 2. The number of rotatable bonds is 4. The zero-order valence-electron chi connectivity index (χ0n) is 12.0. The van der Waals surface area contributed by atoms with Crippen molar-refractivity contribution in [1.82, 2.24) is 5.32 Å². The van der Waals surface area contributed by atoms with Crippen molar-refractivity contribution in [3.63, 3.8) is 0 Å². The van der Waals surface area contributed by atoms with Gasteiger partial charge in [-0.2, -0.15) is 0 Å². The first-order chi connectivity index (χ1) is 9.19. The van der Waals surface area contributed by atoms with Crippen molar-refractivity contribution < 1.29 is 0 Å². The molecule has 0 radical (unpaired) electrons. The van der Waals surface area contributed by atoms with Gasteiger partial charge in [0.05, 0.1) is 0 Å². The van der Waals surface area contributed by atoms with Crippen LogP contribution in [-0.4, -0.2) is 7.05 Å². The van der Waals surface area contributed by atoms with E-state index in [9.17, 15) is 0 Å². The summed E-state index contributed by atoms with van der Waals surface area (Å²) < 4.78 is 1.23. The van der Waals surface area contributed by atoms with Crippen LogP contribution in [0.2, 0.25) is 0 Å². The molecule has 2 saturated carbocycles. The van der Waals surface area contributed by atoms with E-state index in [-0.39, 0.29) is 0 Å². The fourth-order valence-electron chi connectivity index (χ4n) is 4.37. The van der Waals surface area contributed by atoms with Crippen LogP contribution in [0, 0.1) is 24.7 Å². The molecule has 2 aliphatic carbocycles. The Morgan fingerprint density at radius 3 is 2.79 bits per heavy atom. The van der Waals surface area contributed by atoms with Crippen molar-refractivity contribution in [2.45, 2.75) is 45.1 Å². The van der Waals surface area contributed by atoms with E-state index in [1.165, 1.54) is 47.7 Å². The lowest BCUT2D eigenvalue weighted by Gasteiger charge is -2.28. The third kappa shape index (κ3) is 2.62. The number of nitrogens with one attached hydrogen (secondary N) is 1. The monoisotopic (exact) mass is 321 g/mol. The molecule has 3 rings (SSSR count). The van der Waals surface area contributed by atoms with E-state index in [1.807, 2.05) is 0 Å². The Balaban J connectivity index is 1.75. The number of benzene rings is 1. The lowest BCUT2D eigenvalue weighted by atomic mass is 9.82. The molecule has 19 heavy (non-hydrogen) atoms. The minimum absolute atomic E-state index is 0.516. The smallest absolute Gasteiger partial charge is 0.0323 e. The fraction of sp³-hybridized carbons (Fsp3) is 0.647. The minimum atomic E-state index is 0.516. The standard InChI is InChI=1S/C17H24BrN/c1-11-15(4-3-5-16(11)18)17(19-2)10-14-9-12-6-7-13(14)8-12/h3-5,12-14,17,19H,6-10H2,1-2H3. The zero-order valence-corrected chi connectivity index (χ0v) is 13.5. The van der Waals surface area contributed by atoms with Gasteiger partial charge < -0.3 is 5.32 Å². The van der Waals surface area contributed by atoms with Crippen molar-refractivity contribution in [2.24, 2.45) is 17.8 Å². The third-order valence-corrected chi connectivity index (χ3v) is 6.32. The van der Waals surface area contributed by atoms with Crippen LogP contribution in [0.15, 0.2) is 22.7 Å². The van der Waals surface area contributed by atoms with Gasteiger partial charge in [0.1, 0.15) is 0 Å². The van der Waals surface area contributed by atoms with E-state index in [1.54, 1.807) is 0 Å². The first kappa shape index (κ1) is 13.6. The molecule has 0 aliphatic heterocycles. The lowest BCUT2D eigenvalue weighted by Crippen LogP contribution is -2.23. The summed E-state index contributed by atoms with van der Waals surface area (Å²) in [5.74, 6) is 3.03. The predicted molar refractivity (Wildman–Crippen MR) is 84.2 cm³/mol. The van der Waals surface area contributed by atoms with Crippen molar-refractivity contribution >= 4 is 15.9 Å². The highest BCUT2D eigenvalue weighted by Crippen LogP contribution is 2.51. The molecule has 1 aromatic rings. The Bertz CT molecular complexity index is 457. The summed E-state index contributed by atoms with van der Waals surface area (Å²) in [5, 5.41) is 3.55. The normalized spacial score (nSPS) is 30.8. The highest BCUT2D eigenvalue weighted by atomic mass is 79.9. The summed E-state index contributed by atoms with van der Waals surface area (Å²) in [6.07, 6.45) is 7.30. The average Bonchev–Trinajstić information content (AvgIpc) is 3.02. The maximum Gasteiger partial charge on any atom is 0.0323 e. The van der Waals surface area contributed by atoms with Crippen LogP contribution in [0.5, 0.6) is 0 Å². The van der Waals surface area contributed by atoms with Crippen LogP contribution >= 0.6 is 15.9 Å². The molecule has 0 amide bonds. The molecule has 0 saturated heterocycles. The second-order valence-electron chi connectivity index (χ2n) is 6.47. The molecule has 104 valence electrons. The van der Waals surface area contributed by atoms with Gasteiger partial charge >= 0.3 is 0 Å². The van der Waals surface area contributed by atoms with E-state index >= 15 is 0 Å². The highest BCUT2D eigenvalue weighted by molar-refractivity contribution is 9.10. The molecular weight excluding hydrogens is 298 g/mol. The summed E-state index contributed by atoms with van der Waals surface area (Å²) in [7, 11) is 2.11. The van der Waals surface area contributed by atoms with Crippen molar-refractivity contribution in [3.05, 3.63) is 33.8 Å². The maximum absolute atomic E-state index is 3.66. The first-order valence-corrected chi connectivity index (χ1v) is 8.40. The Hall–Kier alpha value is -0.340. The van der Waals surface area contributed by atoms with Gasteiger partial charge in [0, 0.05) is 10.5 Å². The molecule has 2 heteroatoms. The topological polar surface area (TPSA) is 12.0 Å². The van der Waals surface area contributed by atoms with Gasteiger partial charge in [-0.1, -0.05) is 34.5 Å². The molecule has 2 aliphatic rings. The summed E-state index contributed by atoms with van der Waals surface area (Å²) >= 11 is 3.66. The SMILES string of the molecule is CNC(CC1CC2CCC1C2)c1cccc(Br)c1C. The second kappa shape index (κ2) is 5.57. The maximum atomic E-state index is 3.66. The van der Waals surface area contributed by atoms with Crippen molar-refractivity contribution in [2.75, 3.05) is 7.05 Å². The zero-order chi connectivity index (χ0) is 13.4. The van der Waals surface area contributed by atoms with E-state index in [0.29, 0.717) is 6.04 Å². The van der Waals surface area contributed by atoms with Crippen LogP contribution in [0.3, 0.4) is 0 Å². The van der Waals surface area contributed by atoms with Gasteiger partial charge in [0.2, 0.25) is 0 Å². The summed E-state index contributed by atoms with van der Waals surface area (Å²) in [4.78, 5) is 0. The van der Waals surface area contributed by atoms with Crippen LogP contribution < -0.4 is 5.32 Å². The van der Waals surface area contributed by atoms with Gasteiger partial charge in [0.25, 0.3) is 0 Å². The van der Waals surface area contributed by atoms with E-state index in [4.69, 9.17) is 0 Å². The number of hydrogen-bond acceptors (Lipinski definition) is 1. The van der Waals surface area contributed by atoms with Crippen LogP contribution in [0.25, 0.3) is 0 Å². The van der Waals surface area contributed by atoms with Crippen molar-refractivity contribution in [3.8, 4) is 0 Å². The molecule has 1 N–H and O–H groups in total. The molecular formula is C17H24BrN. The van der Waals surface area contributed by atoms with Crippen LogP contribution in [-0.2, 0) is 0 Å². The van der Waals surface area contributed by atoms with Gasteiger partial charge in [-0.3, -0.25) is 0 Å². The molecule has 2 fully saturated rings. The van der Waals surface area contributed by atoms with Crippen LogP contribution in [0.4, 0.5) is 0 Å². The number of halogens is 1. The molecule has 2 bridgehead atoms. The van der Waals surface area contributed by atoms with E-state index in [2.05, 4.69) is 53.4 Å². The van der Waals surface area contributed by atoms with E-state index in [0.717, 1.165) is 17.8 Å². The average molecular weight is 322 g/mol. The van der Waals surface area contributed by atoms with Gasteiger partial charge in [-0.15, -0.1) is 0 Å². The quantitative estimate of drug-likeness (QED) is 0.836. The molecule has 4 atom stereocenters. The Labute approximate surface area is 125 Å². The van der Waals surface area contributed by atoms with Crippen molar-refractivity contribution in [1.29, 1.82) is 0 Å². The van der Waals surface area contributed by atoms with Gasteiger partial charge in [-0.05, 0) is 74.6 Å². The predicted octanol–water partition coefficient (Wildman–Crippen LogP) is 4.84.